The predicted octanol–water partition coefficient (Wildman–Crippen LogP) is 2.52. The standard InChI is InChI=1S/C13H23NO3S2/c1-13(2,3)11-9-18-12(14-11)10-19(16,17)8-6-4-5-7-15/h9,15H,4-8,10H2,1-3H3. The topological polar surface area (TPSA) is 67.3 Å². The third kappa shape index (κ3) is 6.01. The average molecular weight is 305 g/mol. The zero-order valence-corrected chi connectivity index (χ0v) is 13.5. The molecule has 110 valence electrons. The molecule has 0 bridgehead atoms. The van der Waals surface area contributed by atoms with E-state index in [2.05, 4.69) is 25.8 Å². The van der Waals surface area contributed by atoms with Gasteiger partial charge in [0.15, 0.2) is 9.84 Å². The minimum atomic E-state index is -3.08. The lowest BCUT2D eigenvalue weighted by Crippen LogP contribution is -2.13. The van der Waals surface area contributed by atoms with Crippen molar-refractivity contribution in [3.63, 3.8) is 0 Å². The van der Waals surface area contributed by atoms with E-state index in [1.807, 2.05) is 5.38 Å². The van der Waals surface area contributed by atoms with E-state index in [1.54, 1.807) is 0 Å². The molecule has 0 saturated heterocycles. The molecule has 0 aliphatic heterocycles. The second-order valence-corrected chi connectivity index (χ2v) is 8.88. The van der Waals surface area contributed by atoms with Crippen LogP contribution >= 0.6 is 11.3 Å². The van der Waals surface area contributed by atoms with Crippen LogP contribution in [0.15, 0.2) is 5.38 Å². The van der Waals surface area contributed by atoms with Crippen LogP contribution in [0.3, 0.4) is 0 Å². The Hall–Kier alpha value is -0.460. The van der Waals surface area contributed by atoms with Crippen LogP contribution in [0.25, 0.3) is 0 Å². The summed E-state index contributed by atoms with van der Waals surface area (Å²) in [5.74, 6) is 0.213. The van der Waals surface area contributed by atoms with Gasteiger partial charge in [0.2, 0.25) is 0 Å². The van der Waals surface area contributed by atoms with Gasteiger partial charge in [0.1, 0.15) is 10.8 Å². The fourth-order valence-corrected chi connectivity index (χ4v) is 4.44. The zero-order valence-electron chi connectivity index (χ0n) is 11.8. The van der Waals surface area contributed by atoms with Crippen LogP contribution in [-0.4, -0.2) is 30.9 Å². The Morgan fingerprint density at radius 1 is 1.26 bits per heavy atom. The first-order chi connectivity index (χ1) is 8.74. The van der Waals surface area contributed by atoms with Crippen LogP contribution in [0, 0.1) is 0 Å². The van der Waals surface area contributed by atoms with Gasteiger partial charge in [-0.3, -0.25) is 0 Å². The molecule has 0 fully saturated rings. The highest BCUT2D eigenvalue weighted by molar-refractivity contribution is 7.90. The van der Waals surface area contributed by atoms with Gasteiger partial charge in [-0.2, -0.15) is 0 Å². The van der Waals surface area contributed by atoms with Crippen LogP contribution in [0.5, 0.6) is 0 Å². The van der Waals surface area contributed by atoms with E-state index in [0.29, 0.717) is 17.8 Å². The number of unbranched alkanes of at least 4 members (excludes halogenated alkanes) is 2. The molecule has 19 heavy (non-hydrogen) atoms. The molecule has 4 nitrogen and oxygen atoms in total. The molecule has 0 aliphatic rings. The van der Waals surface area contributed by atoms with Crippen LogP contribution < -0.4 is 0 Å². The van der Waals surface area contributed by atoms with Gasteiger partial charge in [-0.1, -0.05) is 27.2 Å². The molecular weight excluding hydrogens is 282 g/mol. The average Bonchev–Trinajstić information content (AvgIpc) is 2.72. The molecule has 0 aliphatic carbocycles. The summed E-state index contributed by atoms with van der Waals surface area (Å²) in [6.07, 6.45) is 2.03. The Morgan fingerprint density at radius 3 is 2.47 bits per heavy atom. The minimum absolute atomic E-state index is 0.0346. The fourth-order valence-electron chi connectivity index (χ4n) is 1.59. The second-order valence-electron chi connectivity index (χ2n) is 5.75. The monoisotopic (exact) mass is 305 g/mol. The number of sulfone groups is 1. The Kier molecular flexibility index (Phi) is 5.95. The summed E-state index contributed by atoms with van der Waals surface area (Å²) in [7, 11) is -3.08. The van der Waals surface area contributed by atoms with E-state index < -0.39 is 9.84 Å². The Bertz CT molecular complexity index is 486. The van der Waals surface area contributed by atoms with Crippen LogP contribution in [0.2, 0.25) is 0 Å². The largest absolute Gasteiger partial charge is 0.396 e. The molecule has 1 N–H and O–H groups in total. The molecule has 1 aromatic heterocycles. The first-order valence-electron chi connectivity index (χ1n) is 6.51. The first-order valence-corrected chi connectivity index (χ1v) is 9.21. The second kappa shape index (κ2) is 6.81. The maximum absolute atomic E-state index is 11.9. The SMILES string of the molecule is CC(C)(C)c1csc(CS(=O)(=O)CCCCCO)n1. The van der Waals surface area contributed by atoms with Gasteiger partial charge in [-0.05, 0) is 12.8 Å². The summed E-state index contributed by atoms with van der Waals surface area (Å²) in [6, 6.07) is 0. The predicted molar refractivity (Wildman–Crippen MR) is 79.2 cm³/mol. The highest BCUT2D eigenvalue weighted by atomic mass is 32.2. The van der Waals surface area contributed by atoms with Crippen molar-refractivity contribution in [3.05, 3.63) is 16.1 Å². The lowest BCUT2D eigenvalue weighted by Gasteiger charge is -2.14. The number of rotatable bonds is 7. The number of thiazole rings is 1. The lowest BCUT2D eigenvalue weighted by atomic mass is 9.93. The summed E-state index contributed by atoms with van der Waals surface area (Å²) < 4.78 is 23.9. The van der Waals surface area contributed by atoms with Gasteiger partial charge >= 0.3 is 0 Å². The quantitative estimate of drug-likeness (QED) is 0.786. The van der Waals surface area contributed by atoms with Crippen molar-refractivity contribution in [1.82, 2.24) is 4.98 Å². The minimum Gasteiger partial charge on any atom is -0.396 e. The van der Waals surface area contributed by atoms with Gasteiger partial charge < -0.3 is 5.11 Å². The first kappa shape index (κ1) is 16.6. The van der Waals surface area contributed by atoms with E-state index in [1.165, 1.54) is 11.3 Å². The van der Waals surface area contributed by atoms with E-state index in [-0.39, 0.29) is 23.5 Å². The van der Waals surface area contributed by atoms with E-state index in [9.17, 15) is 8.42 Å². The van der Waals surface area contributed by atoms with Gasteiger partial charge in [0.05, 0.1) is 11.4 Å². The Labute approximate surface area is 119 Å². The van der Waals surface area contributed by atoms with E-state index in [4.69, 9.17) is 5.11 Å². The molecule has 0 unspecified atom stereocenters. The maximum Gasteiger partial charge on any atom is 0.156 e. The summed E-state index contributed by atoms with van der Waals surface area (Å²) in [5, 5.41) is 11.3. The molecule has 0 amide bonds. The van der Waals surface area contributed by atoms with Crippen LogP contribution in [0.1, 0.15) is 50.7 Å². The van der Waals surface area contributed by atoms with Gasteiger partial charge in [-0.25, -0.2) is 13.4 Å². The van der Waals surface area contributed by atoms with E-state index >= 15 is 0 Å². The maximum atomic E-state index is 11.9. The molecule has 1 heterocycles. The normalized spacial score (nSPS) is 12.8. The molecule has 0 saturated carbocycles. The molecule has 6 heteroatoms. The number of aromatic nitrogens is 1. The van der Waals surface area contributed by atoms with Gasteiger partial charge in [0, 0.05) is 17.4 Å². The summed E-state index contributed by atoms with van der Waals surface area (Å²) in [6.45, 7) is 6.32. The Morgan fingerprint density at radius 2 is 1.95 bits per heavy atom. The van der Waals surface area contributed by atoms with Gasteiger partial charge in [-0.15, -0.1) is 11.3 Å². The van der Waals surface area contributed by atoms with Crippen molar-refractivity contribution in [2.45, 2.75) is 51.2 Å². The van der Waals surface area contributed by atoms with Crippen LogP contribution in [-0.2, 0) is 21.0 Å². The molecule has 0 radical (unpaired) electrons. The molecule has 1 aromatic rings. The number of nitrogens with zero attached hydrogens (tertiary/aromatic N) is 1. The number of hydrogen-bond acceptors (Lipinski definition) is 5. The zero-order chi connectivity index (χ0) is 14.5. The van der Waals surface area contributed by atoms with Crippen molar-refractivity contribution >= 4 is 21.2 Å². The highest BCUT2D eigenvalue weighted by Gasteiger charge is 2.20. The number of hydrogen-bond donors (Lipinski definition) is 1. The number of aliphatic hydroxyl groups is 1. The van der Waals surface area contributed by atoms with Crippen molar-refractivity contribution in [2.75, 3.05) is 12.4 Å². The molecule has 0 atom stereocenters. The number of aliphatic hydroxyl groups excluding tert-OH is 1. The van der Waals surface area contributed by atoms with E-state index in [0.717, 1.165) is 12.1 Å². The molecule has 0 aromatic carbocycles. The molecular formula is C13H23NO3S2. The summed E-state index contributed by atoms with van der Waals surface area (Å²) >= 11 is 1.42. The lowest BCUT2D eigenvalue weighted by molar-refractivity contribution is 0.284. The summed E-state index contributed by atoms with van der Waals surface area (Å²) in [4.78, 5) is 4.41. The smallest absolute Gasteiger partial charge is 0.156 e. The van der Waals surface area contributed by atoms with Crippen molar-refractivity contribution in [3.8, 4) is 0 Å². The summed E-state index contributed by atoms with van der Waals surface area (Å²) in [5.41, 5.74) is 0.905. The van der Waals surface area contributed by atoms with Gasteiger partial charge in [0.25, 0.3) is 0 Å². The van der Waals surface area contributed by atoms with Crippen molar-refractivity contribution in [2.24, 2.45) is 0 Å². The molecule has 1 rings (SSSR count). The molecule has 0 spiro atoms. The van der Waals surface area contributed by atoms with Crippen molar-refractivity contribution < 1.29 is 13.5 Å². The third-order valence-corrected chi connectivity index (χ3v) is 5.43. The highest BCUT2D eigenvalue weighted by Crippen LogP contribution is 2.24. The van der Waals surface area contributed by atoms with Crippen molar-refractivity contribution in [1.29, 1.82) is 0 Å². The Balaban J connectivity index is 2.56. The van der Waals surface area contributed by atoms with Crippen LogP contribution in [0.4, 0.5) is 0 Å². The fraction of sp³-hybridized carbons (Fsp3) is 0.769. The third-order valence-electron chi connectivity index (χ3n) is 2.78.